The maximum Gasteiger partial charge on any atom is 0.261 e. The number of hydrogen-bond acceptors (Lipinski definition) is 9. The molecular weight excluding hydrogens is 766 g/mol. The lowest BCUT2D eigenvalue weighted by Crippen LogP contribution is -2.37. The summed E-state index contributed by atoms with van der Waals surface area (Å²) in [6.07, 6.45) is 9.03. The van der Waals surface area contributed by atoms with Gasteiger partial charge in [0.2, 0.25) is 11.8 Å². The van der Waals surface area contributed by atoms with E-state index >= 15 is 0 Å². The molecule has 2 fully saturated rings. The smallest absolute Gasteiger partial charge is 0.261 e. The summed E-state index contributed by atoms with van der Waals surface area (Å²) in [6.45, 7) is 3.83. The Labute approximate surface area is 349 Å². The molecule has 1 saturated heterocycles. The number of methoxy groups -OCH3 is 1. The number of carbonyl (C=O) groups excluding carboxylic acids is 4. The van der Waals surface area contributed by atoms with Crippen molar-refractivity contribution in [1.82, 2.24) is 20.9 Å². The number of primary amides is 1. The number of fused-ring (bicyclic) bond motifs is 2. The highest BCUT2D eigenvalue weighted by molar-refractivity contribution is 6.11. The van der Waals surface area contributed by atoms with Crippen molar-refractivity contribution in [2.45, 2.75) is 83.3 Å². The van der Waals surface area contributed by atoms with Crippen LogP contribution in [0, 0.1) is 29.6 Å². The summed E-state index contributed by atoms with van der Waals surface area (Å²) in [5.41, 5.74) is 8.81. The number of nitrogens with zero attached hydrogens (tertiary/aromatic N) is 1. The van der Waals surface area contributed by atoms with Crippen LogP contribution >= 0.6 is 0 Å². The molecule has 4 aromatic rings. The average Bonchev–Trinajstić information content (AvgIpc) is 3.52. The van der Waals surface area contributed by atoms with Gasteiger partial charge in [-0.25, -0.2) is 9.37 Å². The Balaban J connectivity index is 0.861. The van der Waals surface area contributed by atoms with E-state index in [1.54, 1.807) is 36.5 Å². The highest BCUT2D eigenvalue weighted by atomic mass is 19.1. The highest BCUT2D eigenvalue weighted by Gasteiger charge is 2.42. The Bertz CT molecular complexity index is 2310. The second-order valence-corrected chi connectivity index (χ2v) is 15.9. The molecule has 0 spiro atoms. The van der Waals surface area contributed by atoms with Gasteiger partial charge in [-0.3, -0.25) is 24.5 Å². The number of rotatable bonds is 16. The maximum atomic E-state index is 14.4. The van der Waals surface area contributed by atoms with Crippen molar-refractivity contribution in [3.8, 4) is 35.0 Å². The van der Waals surface area contributed by atoms with E-state index < -0.39 is 35.9 Å². The van der Waals surface area contributed by atoms with Gasteiger partial charge >= 0.3 is 0 Å². The van der Waals surface area contributed by atoms with Gasteiger partial charge in [0.15, 0.2) is 6.17 Å². The fourth-order valence-corrected chi connectivity index (χ4v) is 8.53. The van der Waals surface area contributed by atoms with E-state index in [1.165, 1.54) is 12.7 Å². The summed E-state index contributed by atoms with van der Waals surface area (Å²) in [7, 11) is 1.45. The quantitative estimate of drug-likeness (QED) is 0.0572. The molecule has 12 nitrogen and oxygen atoms in total. The van der Waals surface area contributed by atoms with Crippen molar-refractivity contribution in [3.63, 3.8) is 0 Å². The topological polar surface area (TPSA) is 171 Å². The first-order valence-electron chi connectivity index (χ1n) is 20.9. The van der Waals surface area contributed by atoms with E-state index in [9.17, 15) is 23.6 Å². The van der Waals surface area contributed by atoms with Gasteiger partial charge in [-0.1, -0.05) is 49.5 Å². The van der Waals surface area contributed by atoms with E-state index in [0.717, 1.165) is 64.5 Å². The minimum Gasteiger partial charge on any atom is -0.496 e. The lowest BCUT2D eigenvalue weighted by molar-refractivity contribution is -0.124. The Morgan fingerprint density at radius 1 is 1.00 bits per heavy atom. The third-order valence-corrected chi connectivity index (χ3v) is 11.9. The van der Waals surface area contributed by atoms with E-state index in [1.807, 2.05) is 25.1 Å². The van der Waals surface area contributed by atoms with Gasteiger partial charge in [0.25, 0.3) is 17.7 Å². The van der Waals surface area contributed by atoms with Gasteiger partial charge in [-0.05, 0) is 112 Å². The lowest BCUT2D eigenvalue weighted by Gasteiger charge is -2.26. The second-order valence-electron chi connectivity index (χ2n) is 15.9. The predicted octanol–water partition coefficient (Wildman–Crippen LogP) is 6.35. The van der Waals surface area contributed by atoms with Crippen molar-refractivity contribution in [2.24, 2.45) is 23.5 Å². The zero-order valence-electron chi connectivity index (χ0n) is 34.1. The fraction of sp³-hybridized carbons (Fsp3) is 0.426. The number of imide groups is 1. The van der Waals surface area contributed by atoms with Crippen molar-refractivity contribution in [1.29, 1.82) is 0 Å². The van der Waals surface area contributed by atoms with E-state index in [2.05, 4.69) is 38.8 Å². The SMILES string of the molecule is CC[C@@H]1[C@H](F)C(=O)N[C@@H]1COc1ncc(C#CC2CCC(CNCCCCCc3cccc(Oc4cccc5c4C(=O)NC(=O)C5)c3)CC2)c2cc(C(N)=O)c(OC)cc12. The number of carbonyl (C=O) groups is 4. The van der Waals surface area contributed by atoms with E-state index in [4.69, 9.17) is 19.9 Å². The van der Waals surface area contributed by atoms with Crippen LogP contribution in [-0.4, -0.2) is 67.6 Å². The Kier molecular flexibility index (Phi) is 13.6. The molecule has 13 heteroatoms. The predicted molar refractivity (Wildman–Crippen MR) is 225 cm³/mol. The standard InChI is InChI=1S/C47H52FN5O7/c1-3-34-38(52-46(57)43(34)48)27-59-47-36-24-40(58-2)37(44(49)55)23-35(36)32(26-51-47)19-18-28-14-16-30(17-15-28)25-50-20-6-4-5-9-29-10-7-12-33(21-29)60-39-13-8-11-31-22-41(54)53-45(56)42(31)39/h7-8,10-13,21,23-24,26,28,30,34,38,43,50H,3-6,9,14-17,20,22,25,27H2,1-2H3,(H2,49,55)(H,52,57)(H,53,54,56)/t28?,30?,34-,38+,43-/m0/s1. The van der Waals surface area contributed by atoms with Crippen LogP contribution in [0.5, 0.6) is 23.1 Å². The Hall–Kier alpha value is -6.00. The van der Waals surface area contributed by atoms with Gasteiger partial charge in [0, 0.05) is 28.8 Å². The molecule has 60 heavy (non-hydrogen) atoms. The van der Waals surface area contributed by atoms with Crippen LogP contribution in [0.15, 0.2) is 60.8 Å². The summed E-state index contributed by atoms with van der Waals surface area (Å²) in [6, 6.07) is 16.1. The molecule has 1 aliphatic carbocycles. The van der Waals surface area contributed by atoms with Gasteiger partial charge in [-0.15, -0.1) is 0 Å². The monoisotopic (exact) mass is 817 g/mol. The third-order valence-electron chi connectivity index (χ3n) is 11.9. The molecule has 1 aromatic heterocycles. The molecule has 7 rings (SSSR count). The second kappa shape index (κ2) is 19.4. The number of nitrogens with one attached hydrogen (secondary N) is 3. The number of amides is 4. The average molecular weight is 818 g/mol. The molecular formula is C47H52FN5O7. The van der Waals surface area contributed by atoms with Gasteiger partial charge in [0.1, 0.15) is 23.9 Å². The molecule has 0 unspecified atom stereocenters. The van der Waals surface area contributed by atoms with Crippen LogP contribution in [0.2, 0.25) is 0 Å². The number of ether oxygens (including phenoxy) is 3. The lowest BCUT2D eigenvalue weighted by atomic mass is 9.82. The summed E-state index contributed by atoms with van der Waals surface area (Å²) < 4.78 is 32.1. The summed E-state index contributed by atoms with van der Waals surface area (Å²) in [5.74, 6) is 6.78. The molecule has 2 aliphatic heterocycles. The molecule has 5 N–H and O–H groups in total. The third kappa shape index (κ3) is 9.88. The zero-order chi connectivity index (χ0) is 42.2. The fourth-order valence-electron chi connectivity index (χ4n) is 8.53. The van der Waals surface area contributed by atoms with Gasteiger partial charge in [0.05, 0.1) is 36.3 Å². The number of halogens is 1. The number of aryl methyl sites for hydroxylation is 1. The maximum absolute atomic E-state index is 14.4. The minimum absolute atomic E-state index is 0.0375. The summed E-state index contributed by atoms with van der Waals surface area (Å²) in [4.78, 5) is 53.2. The van der Waals surface area contributed by atoms with Crippen molar-refractivity contribution < 1.29 is 37.8 Å². The normalized spacial score (nSPS) is 21.1. The number of aromatic nitrogens is 1. The molecule has 3 heterocycles. The molecule has 0 radical (unpaired) electrons. The molecule has 314 valence electrons. The van der Waals surface area contributed by atoms with Crippen LogP contribution in [0.4, 0.5) is 4.39 Å². The number of hydrogen-bond donors (Lipinski definition) is 4. The Morgan fingerprint density at radius 3 is 2.60 bits per heavy atom. The first-order chi connectivity index (χ1) is 29.1. The Morgan fingerprint density at radius 2 is 1.82 bits per heavy atom. The number of nitrogens with two attached hydrogens (primary N) is 1. The molecule has 3 aliphatic rings. The van der Waals surface area contributed by atoms with E-state index in [-0.39, 0.29) is 42.0 Å². The van der Waals surface area contributed by atoms with Gasteiger partial charge < -0.3 is 30.6 Å². The molecule has 1 saturated carbocycles. The minimum atomic E-state index is -1.58. The van der Waals surface area contributed by atoms with Crippen LogP contribution in [0.1, 0.15) is 95.7 Å². The largest absolute Gasteiger partial charge is 0.496 e. The molecule has 4 amide bonds. The number of pyridine rings is 1. The first kappa shape index (κ1) is 42.1. The summed E-state index contributed by atoms with van der Waals surface area (Å²) in [5, 5.41) is 9.95. The molecule has 0 bridgehead atoms. The van der Waals surface area contributed by atoms with Crippen LogP contribution in [-0.2, 0) is 22.4 Å². The zero-order valence-corrected chi connectivity index (χ0v) is 34.1. The van der Waals surface area contributed by atoms with Crippen molar-refractivity contribution in [3.05, 3.63) is 88.6 Å². The van der Waals surface area contributed by atoms with Gasteiger partial charge in [-0.2, -0.15) is 0 Å². The molecule has 3 atom stereocenters. The van der Waals surface area contributed by atoms with E-state index in [0.29, 0.717) is 51.3 Å². The highest BCUT2D eigenvalue weighted by Crippen LogP contribution is 2.35. The molecule has 3 aromatic carbocycles. The number of alkyl halides is 1. The summed E-state index contributed by atoms with van der Waals surface area (Å²) >= 11 is 0. The number of unbranched alkanes of at least 4 members (excludes halogenated alkanes) is 2. The first-order valence-corrected chi connectivity index (χ1v) is 20.9. The number of benzene rings is 3. The van der Waals surface area contributed by atoms with Crippen molar-refractivity contribution >= 4 is 34.4 Å². The van der Waals surface area contributed by atoms with Crippen LogP contribution < -0.4 is 35.9 Å². The van der Waals surface area contributed by atoms with Crippen LogP contribution in [0.25, 0.3) is 10.8 Å². The van der Waals surface area contributed by atoms with Crippen molar-refractivity contribution in [2.75, 3.05) is 26.8 Å². The van der Waals surface area contributed by atoms with Crippen LogP contribution in [0.3, 0.4) is 0 Å².